The summed E-state index contributed by atoms with van der Waals surface area (Å²) in [5, 5.41) is 20.4. The van der Waals surface area contributed by atoms with Crippen molar-refractivity contribution in [3.8, 4) is 28.6 Å². The molecule has 1 aliphatic rings. The van der Waals surface area contributed by atoms with Crippen molar-refractivity contribution < 1.29 is 19.4 Å². The molecule has 0 saturated carbocycles. The number of ether oxygens (including phenoxy) is 1. The van der Waals surface area contributed by atoms with Gasteiger partial charge >= 0.3 is 0 Å². The zero-order valence-electron chi connectivity index (χ0n) is 17.4. The van der Waals surface area contributed by atoms with Gasteiger partial charge in [0.1, 0.15) is 16.9 Å². The predicted octanol–water partition coefficient (Wildman–Crippen LogP) is 3.41. The number of aromatic hydroxyl groups is 2. The van der Waals surface area contributed by atoms with Gasteiger partial charge in [0.05, 0.1) is 6.10 Å². The van der Waals surface area contributed by atoms with E-state index in [9.17, 15) is 15.0 Å². The van der Waals surface area contributed by atoms with Crippen molar-refractivity contribution in [1.29, 1.82) is 0 Å². The summed E-state index contributed by atoms with van der Waals surface area (Å²) in [5.41, 5.74) is 1.48. The lowest BCUT2D eigenvalue weighted by Crippen LogP contribution is -2.44. The van der Waals surface area contributed by atoms with Crippen LogP contribution in [0.2, 0.25) is 0 Å². The van der Waals surface area contributed by atoms with E-state index in [2.05, 4.69) is 16.8 Å². The molecule has 30 heavy (non-hydrogen) atoms. The number of phenolic OH excluding ortho intramolecular Hbond substituents is 2. The molecular weight excluding hydrogens is 384 g/mol. The molecule has 0 amide bonds. The summed E-state index contributed by atoms with van der Waals surface area (Å²) in [6.45, 7) is 7.58. The number of nitrogens with zero attached hydrogens (tertiary/aromatic N) is 2. The Labute approximate surface area is 174 Å². The molecule has 0 atom stereocenters. The summed E-state index contributed by atoms with van der Waals surface area (Å²) < 4.78 is 11.6. The van der Waals surface area contributed by atoms with Gasteiger partial charge in [-0.25, -0.2) is 0 Å². The molecule has 4 rings (SSSR count). The van der Waals surface area contributed by atoms with Crippen molar-refractivity contribution in [2.75, 3.05) is 38.1 Å². The first-order chi connectivity index (χ1) is 14.3. The van der Waals surface area contributed by atoms with Crippen LogP contribution < -0.4 is 15.1 Å². The largest absolute Gasteiger partial charge is 0.507 e. The van der Waals surface area contributed by atoms with Gasteiger partial charge in [0, 0.05) is 49.6 Å². The molecule has 2 heterocycles. The number of likely N-dealkylation sites (N-methyl/N-ethyl adjacent to an activating group) is 1. The molecule has 0 radical (unpaired) electrons. The van der Waals surface area contributed by atoms with Crippen LogP contribution in [-0.4, -0.2) is 54.4 Å². The Morgan fingerprint density at radius 2 is 1.67 bits per heavy atom. The van der Waals surface area contributed by atoms with Crippen LogP contribution in [0.4, 0.5) is 5.69 Å². The Hall–Kier alpha value is -3.19. The molecule has 1 saturated heterocycles. The lowest BCUT2D eigenvalue weighted by atomic mass is 10.1. The fourth-order valence-corrected chi connectivity index (χ4v) is 3.67. The van der Waals surface area contributed by atoms with Crippen LogP contribution in [0.1, 0.15) is 13.8 Å². The Kier molecular flexibility index (Phi) is 5.30. The summed E-state index contributed by atoms with van der Waals surface area (Å²) >= 11 is 0. The monoisotopic (exact) mass is 410 g/mol. The minimum atomic E-state index is -0.402. The van der Waals surface area contributed by atoms with E-state index in [0.717, 1.165) is 43.5 Å². The first-order valence-electron chi connectivity index (χ1n) is 10.1. The third-order valence-corrected chi connectivity index (χ3v) is 5.29. The highest BCUT2D eigenvalue weighted by Crippen LogP contribution is 2.41. The molecule has 0 unspecified atom stereocenters. The molecule has 7 heteroatoms. The van der Waals surface area contributed by atoms with E-state index in [0.29, 0.717) is 5.76 Å². The van der Waals surface area contributed by atoms with Gasteiger partial charge in [-0.05, 0) is 45.2 Å². The highest BCUT2D eigenvalue weighted by atomic mass is 16.5. The zero-order chi connectivity index (χ0) is 21.4. The lowest BCUT2D eigenvalue weighted by molar-refractivity contribution is 0.231. The fraction of sp³-hybridized carbons (Fsp3) is 0.348. The topological polar surface area (TPSA) is 86.4 Å². The lowest BCUT2D eigenvalue weighted by Gasteiger charge is -2.34. The number of fused-ring (bicyclic) bond motifs is 1. The van der Waals surface area contributed by atoms with E-state index in [1.54, 1.807) is 13.8 Å². The molecule has 2 N–H and O–H groups in total. The first-order valence-corrected chi connectivity index (χ1v) is 10.1. The second-order valence-electron chi connectivity index (χ2n) is 7.93. The standard InChI is InChI=1S/C23H26N2O5/c1-14(2)29-22-19(28)12-17(26)21-18(27)13-20(30-23(21)22)15-4-6-16(7-5-15)25-10-8-24(3)9-11-25/h4-7,12-14,26,28H,8-11H2,1-3H3. The Morgan fingerprint density at radius 3 is 2.30 bits per heavy atom. The number of phenols is 2. The van der Waals surface area contributed by atoms with Gasteiger partial charge in [0.25, 0.3) is 0 Å². The molecule has 0 spiro atoms. The summed E-state index contributed by atoms with van der Waals surface area (Å²) in [6, 6.07) is 10.3. The molecule has 1 aliphatic heterocycles. The van der Waals surface area contributed by atoms with Crippen molar-refractivity contribution in [3.05, 3.63) is 46.6 Å². The number of anilines is 1. The van der Waals surface area contributed by atoms with Gasteiger partial charge < -0.3 is 29.2 Å². The van der Waals surface area contributed by atoms with Gasteiger partial charge in [0.15, 0.2) is 16.8 Å². The molecule has 0 aliphatic carbocycles. The van der Waals surface area contributed by atoms with Crippen molar-refractivity contribution in [3.63, 3.8) is 0 Å². The number of benzene rings is 2. The van der Waals surface area contributed by atoms with Crippen LogP contribution in [0.15, 0.2) is 45.6 Å². The third kappa shape index (κ3) is 3.80. The first kappa shape index (κ1) is 20.1. The minimum absolute atomic E-state index is 0.0127. The highest BCUT2D eigenvalue weighted by Gasteiger charge is 2.20. The molecule has 1 aromatic heterocycles. The minimum Gasteiger partial charge on any atom is -0.507 e. The maximum absolute atomic E-state index is 12.7. The van der Waals surface area contributed by atoms with Crippen LogP contribution >= 0.6 is 0 Å². The molecule has 7 nitrogen and oxygen atoms in total. The van der Waals surface area contributed by atoms with Crippen molar-refractivity contribution in [2.24, 2.45) is 0 Å². The Bertz CT molecular complexity index is 1110. The van der Waals surface area contributed by atoms with Crippen molar-refractivity contribution in [2.45, 2.75) is 20.0 Å². The van der Waals surface area contributed by atoms with E-state index in [4.69, 9.17) is 9.15 Å². The summed E-state index contributed by atoms with van der Waals surface area (Å²) in [5.74, 6) is -0.231. The van der Waals surface area contributed by atoms with Crippen LogP contribution in [0.5, 0.6) is 17.2 Å². The quantitative estimate of drug-likeness (QED) is 0.682. The van der Waals surface area contributed by atoms with Crippen LogP contribution in [-0.2, 0) is 0 Å². The second kappa shape index (κ2) is 7.91. The summed E-state index contributed by atoms with van der Waals surface area (Å²) in [7, 11) is 2.12. The van der Waals surface area contributed by atoms with Gasteiger partial charge in [0.2, 0.25) is 5.75 Å². The van der Waals surface area contributed by atoms with Gasteiger partial charge in [-0.1, -0.05) is 0 Å². The Morgan fingerprint density at radius 1 is 1.00 bits per heavy atom. The molecule has 2 aromatic carbocycles. The number of rotatable bonds is 4. The average molecular weight is 410 g/mol. The maximum atomic E-state index is 12.7. The van der Waals surface area contributed by atoms with Gasteiger partial charge in [-0.3, -0.25) is 4.79 Å². The second-order valence-corrected chi connectivity index (χ2v) is 7.93. The number of piperazine rings is 1. The zero-order valence-corrected chi connectivity index (χ0v) is 17.4. The van der Waals surface area contributed by atoms with Crippen LogP contribution in [0.3, 0.4) is 0 Å². The molecule has 158 valence electrons. The summed E-state index contributed by atoms with van der Waals surface area (Å²) in [4.78, 5) is 17.3. The van der Waals surface area contributed by atoms with Crippen LogP contribution in [0.25, 0.3) is 22.3 Å². The average Bonchev–Trinajstić information content (AvgIpc) is 2.71. The SMILES string of the molecule is CC(C)Oc1c(O)cc(O)c2c(=O)cc(-c3ccc(N4CCN(C)CC4)cc3)oc12. The maximum Gasteiger partial charge on any atom is 0.205 e. The molecular formula is C23H26N2O5. The molecule has 3 aromatic rings. The third-order valence-electron chi connectivity index (χ3n) is 5.29. The van der Waals surface area contributed by atoms with E-state index < -0.39 is 5.43 Å². The smallest absolute Gasteiger partial charge is 0.205 e. The van der Waals surface area contributed by atoms with E-state index in [1.807, 2.05) is 24.3 Å². The summed E-state index contributed by atoms with van der Waals surface area (Å²) in [6.07, 6.45) is -0.250. The molecule has 1 fully saturated rings. The van der Waals surface area contributed by atoms with E-state index in [-0.39, 0.29) is 34.3 Å². The van der Waals surface area contributed by atoms with Crippen molar-refractivity contribution >= 4 is 16.7 Å². The highest BCUT2D eigenvalue weighted by molar-refractivity contribution is 5.91. The Balaban J connectivity index is 1.75. The predicted molar refractivity (Wildman–Crippen MR) is 117 cm³/mol. The molecule has 0 bridgehead atoms. The normalized spacial score (nSPS) is 15.1. The number of hydrogen-bond acceptors (Lipinski definition) is 7. The fourth-order valence-electron chi connectivity index (χ4n) is 3.67. The van der Waals surface area contributed by atoms with E-state index >= 15 is 0 Å². The van der Waals surface area contributed by atoms with Gasteiger partial charge in [-0.2, -0.15) is 0 Å². The van der Waals surface area contributed by atoms with Crippen molar-refractivity contribution in [1.82, 2.24) is 4.90 Å². The van der Waals surface area contributed by atoms with E-state index in [1.165, 1.54) is 6.07 Å². The van der Waals surface area contributed by atoms with Crippen LogP contribution in [0, 0.1) is 0 Å². The number of hydrogen-bond donors (Lipinski definition) is 2. The van der Waals surface area contributed by atoms with Gasteiger partial charge in [-0.15, -0.1) is 0 Å².